The number of nitrogens with zero attached hydrogens (tertiary/aromatic N) is 1. The fraction of sp³-hybridized carbons (Fsp3) is 1.00. The molecule has 0 radical (unpaired) electrons. The number of alkyl halides is 2. The van der Waals surface area contributed by atoms with E-state index in [1.54, 1.807) is 0 Å². The van der Waals surface area contributed by atoms with E-state index in [2.05, 4.69) is 0 Å². The SMILES string of the molecule is O=S(=O)(Cl)N(CCCl)CCCl. The highest BCUT2D eigenvalue weighted by molar-refractivity contribution is 8.11. The molecule has 0 amide bonds. The fourth-order valence-electron chi connectivity index (χ4n) is 0.518. The van der Waals surface area contributed by atoms with Gasteiger partial charge in [-0.3, -0.25) is 0 Å². The van der Waals surface area contributed by atoms with Crippen LogP contribution in [-0.2, 0) is 9.24 Å². The Labute approximate surface area is 80.8 Å². The Morgan fingerprint density at radius 1 is 1.09 bits per heavy atom. The number of hydrogen-bond donors (Lipinski definition) is 0. The van der Waals surface area contributed by atoms with Crippen LogP contribution in [0.1, 0.15) is 0 Å². The Kier molecular flexibility index (Phi) is 5.82. The van der Waals surface area contributed by atoms with E-state index in [0.717, 1.165) is 4.31 Å². The van der Waals surface area contributed by atoms with Crippen molar-refractivity contribution in [2.45, 2.75) is 0 Å². The minimum Gasteiger partial charge on any atom is -0.195 e. The quantitative estimate of drug-likeness (QED) is 0.536. The van der Waals surface area contributed by atoms with Crippen LogP contribution in [0.4, 0.5) is 0 Å². The Hall–Kier alpha value is 0.780. The predicted molar refractivity (Wildman–Crippen MR) is 47.8 cm³/mol. The van der Waals surface area contributed by atoms with Crippen molar-refractivity contribution < 1.29 is 8.42 Å². The summed E-state index contributed by atoms with van der Waals surface area (Å²) in [5.41, 5.74) is 0. The van der Waals surface area contributed by atoms with E-state index in [4.69, 9.17) is 33.9 Å². The molecule has 0 aliphatic heterocycles. The second-order valence-electron chi connectivity index (χ2n) is 1.72. The van der Waals surface area contributed by atoms with Crippen LogP contribution in [0.25, 0.3) is 0 Å². The number of rotatable bonds is 5. The van der Waals surface area contributed by atoms with Gasteiger partial charge in [0.15, 0.2) is 0 Å². The minimum atomic E-state index is -3.65. The van der Waals surface area contributed by atoms with E-state index in [0.29, 0.717) is 0 Å². The summed E-state index contributed by atoms with van der Waals surface area (Å²) in [6.45, 7) is 0.389. The van der Waals surface area contributed by atoms with Gasteiger partial charge in [-0.05, 0) is 0 Å². The summed E-state index contributed by atoms with van der Waals surface area (Å²) < 4.78 is 22.4. The molecule has 68 valence electrons. The second-order valence-corrected chi connectivity index (χ2v) is 4.99. The lowest BCUT2D eigenvalue weighted by Crippen LogP contribution is -2.30. The van der Waals surface area contributed by atoms with Crippen molar-refractivity contribution in [1.82, 2.24) is 4.31 Å². The topological polar surface area (TPSA) is 37.4 Å². The lowest BCUT2D eigenvalue weighted by Gasteiger charge is -2.14. The average molecular weight is 241 g/mol. The van der Waals surface area contributed by atoms with Gasteiger partial charge in [0.05, 0.1) is 0 Å². The van der Waals surface area contributed by atoms with Crippen LogP contribution in [0.5, 0.6) is 0 Å². The van der Waals surface area contributed by atoms with Crippen LogP contribution in [-0.4, -0.2) is 37.6 Å². The van der Waals surface area contributed by atoms with Crippen molar-refractivity contribution >= 4 is 43.1 Å². The molecule has 0 aromatic carbocycles. The van der Waals surface area contributed by atoms with Gasteiger partial charge in [-0.1, -0.05) is 0 Å². The van der Waals surface area contributed by atoms with Gasteiger partial charge < -0.3 is 0 Å². The minimum absolute atomic E-state index is 0.195. The molecule has 11 heavy (non-hydrogen) atoms. The molecule has 0 aliphatic rings. The van der Waals surface area contributed by atoms with Crippen LogP contribution >= 0.6 is 33.9 Å². The molecule has 0 aliphatic carbocycles. The molecule has 7 heteroatoms. The maximum Gasteiger partial charge on any atom is 0.299 e. The van der Waals surface area contributed by atoms with Crippen molar-refractivity contribution in [3.63, 3.8) is 0 Å². The molecule has 0 N–H and O–H groups in total. The third-order valence-electron chi connectivity index (χ3n) is 0.976. The number of hydrogen-bond acceptors (Lipinski definition) is 2. The highest BCUT2D eigenvalue weighted by atomic mass is 35.7. The third-order valence-corrected chi connectivity index (χ3v) is 2.88. The molecule has 0 aromatic heterocycles. The summed E-state index contributed by atoms with van der Waals surface area (Å²) in [4.78, 5) is 0. The van der Waals surface area contributed by atoms with Crippen molar-refractivity contribution in [3.8, 4) is 0 Å². The zero-order valence-corrected chi connectivity index (χ0v) is 8.72. The maximum atomic E-state index is 10.7. The van der Waals surface area contributed by atoms with Gasteiger partial charge in [0, 0.05) is 35.5 Å². The molecule has 0 bridgehead atoms. The molecule has 0 aromatic rings. The summed E-state index contributed by atoms with van der Waals surface area (Å²) in [5.74, 6) is 0.422. The Morgan fingerprint density at radius 2 is 1.45 bits per heavy atom. The zero-order chi connectivity index (χ0) is 8.91. The molecule has 0 fully saturated rings. The van der Waals surface area contributed by atoms with E-state index in [1.165, 1.54) is 0 Å². The first-order valence-electron chi connectivity index (χ1n) is 2.84. The van der Waals surface area contributed by atoms with Crippen LogP contribution in [0.15, 0.2) is 0 Å². The number of halogens is 3. The summed E-state index contributed by atoms with van der Waals surface area (Å²) >= 11 is 10.7. The smallest absolute Gasteiger partial charge is 0.195 e. The second kappa shape index (κ2) is 5.43. The van der Waals surface area contributed by atoms with E-state index >= 15 is 0 Å². The summed E-state index contributed by atoms with van der Waals surface area (Å²) in [6, 6.07) is 0. The maximum absolute atomic E-state index is 10.7. The van der Waals surface area contributed by atoms with Gasteiger partial charge in [0.2, 0.25) is 0 Å². The highest BCUT2D eigenvalue weighted by Gasteiger charge is 2.16. The van der Waals surface area contributed by atoms with Gasteiger partial charge >= 0.3 is 0 Å². The van der Waals surface area contributed by atoms with Crippen molar-refractivity contribution in [2.75, 3.05) is 24.8 Å². The normalized spacial score (nSPS) is 12.4. The van der Waals surface area contributed by atoms with Crippen LogP contribution in [0.2, 0.25) is 0 Å². The van der Waals surface area contributed by atoms with Gasteiger partial charge in [0.1, 0.15) is 0 Å². The van der Waals surface area contributed by atoms with Gasteiger partial charge in [0.25, 0.3) is 9.24 Å². The summed E-state index contributed by atoms with van der Waals surface area (Å²) in [6.07, 6.45) is 0. The first-order chi connectivity index (χ1) is 5.02. The van der Waals surface area contributed by atoms with E-state index in [-0.39, 0.29) is 24.8 Å². The molecule has 0 heterocycles. The van der Waals surface area contributed by atoms with Crippen LogP contribution in [0, 0.1) is 0 Å². The molecule has 3 nitrogen and oxygen atoms in total. The average Bonchev–Trinajstić information content (AvgIpc) is 1.85. The van der Waals surface area contributed by atoms with Gasteiger partial charge in [-0.15, -0.1) is 23.2 Å². The Morgan fingerprint density at radius 3 is 1.64 bits per heavy atom. The molecule has 0 spiro atoms. The Bertz CT molecular complexity index is 188. The fourth-order valence-corrected chi connectivity index (χ4v) is 2.16. The lowest BCUT2D eigenvalue weighted by atomic mass is 10.7. The first kappa shape index (κ1) is 11.8. The van der Waals surface area contributed by atoms with E-state index in [9.17, 15) is 8.42 Å². The molecule has 0 atom stereocenters. The standard InChI is InChI=1S/C4H8Cl3NO2S/c5-1-3-8(4-2-6)11(7,9)10/h1-4H2. The van der Waals surface area contributed by atoms with Crippen molar-refractivity contribution in [2.24, 2.45) is 0 Å². The molecule has 0 rings (SSSR count). The van der Waals surface area contributed by atoms with E-state index < -0.39 is 9.24 Å². The van der Waals surface area contributed by atoms with Crippen molar-refractivity contribution in [1.29, 1.82) is 0 Å². The zero-order valence-electron chi connectivity index (χ0n) is 5.63. The highest BCUT2D eigenvalue weighted by Crippen LogP contribution is 2.06. The third kappa shape index (κ3) is 5.09. The molecule has 0 saturated heterocycles. The monoisotopic (exact) mass is 239 g/mol. The summed E-state index contributed by atoms with van der Waals surface area (Å²) in [7, 11) is 1.39. The summed E-state index contributed by atoms with van der Waals surface area (Å²) in [5, 5.41) is 0. The largest absolute Gasteiger partial charge is 0.299 e. The lowest BCUT2D eigenvalue weighted by molar-refractivity contribution is 0.461. The molecular formula is C4H8Cl3NO2S. The van der Waals surface area contributed by atoms with Crippen molar-refractivity contribution in [3.05, 3.63) is 0 Å². The molecule has 0 saturated carbocycles. The van der Waals surface area contributed by atoms with Gasteiger partial charge in [-0.2, -0.15) is 12.7 Å². The van der Waals surface area contributed by atoms with Crippen LogP contribution in [0.3, 0.4) is 0 Å². The molecular weight excluding hydrogens is 232 g/mol. The van der Waals surface area contributed by atoms with Crippen LogP contribution < -0.4 is 0 Å². The predicted octanol–water partition coefficient (Wildman–Crippen LogP) is 1.25. The first-order valence-corrected chi connectivity index (χ1v) is 6.17. The molecule has 0 unspecified atom stereocenters. The van der Waals surface area contributed by atoms with Gasteiger partial charge in [-0.25, -0.2) is 0 Å². The van der Waals surface area contributed by atoms with E-state index in [1.807, 2.05) is 0 Å². The Balaban J connectivity index is 4.11.